The molecule has 0 aromatic carbocycles. The number of nitrogens with zero attached hydrogens (tertiary/aromatic N) is 3. The average Bonchev–Trinajstić information content (AvgIpc) is 2.88. The number of carboxylic acid groups (broad SMARTS) is 1. The molecule has 0 radical (unpaired) electrons. The first-order chi connectivity index (χ1) is 10.3. The third-order valence-electron chi connectivity index (χ3n) is 5.00. The van der Waals surface area contributed by atoms with Crippen LogP contribution in [0, 0.1) is 0 Å². The topological polar surface area (TPSA) is 48.7 Å². The highest BCUT2D eigenvalue weighted by Gasteiger charge is 2.47. The van der Waals surface area contributed by atoms with Gasteiger partial charge in [-0.25, -0.2) is 4.79 Å². The van der Waals surface area contributed by atoms with Crippen LogP contribution in [0.15, 0.2) is 12.1 Å². The molecule has 0 unspecified atom stereocenters. The lowest BCUT2D eigenvalue weighted by atomic mass is 9.81. The Morgan fingerprint density at radius 2 is 1.82 bits per heavy atom. The Kier molecular flexibility index (Phi) is 3.39. The van der Waals surface area contributed by atoms with Crippen LogP contribution >= 0.6 is 0 Å². The van der Waals surface area contributed by atoms with Crippen LogP contribution in [-0.2, 0) is 18.3 Å². The molecule has 1 saturated heterocycles. The summed E-state index contributed by atoms with van der Waals surface area (Å²) in [5, 5.41) is 9.06. The Morgan fingerprint density at radius 1 is 1.18 bits per heavy atom. The van der Waals surface area contributed by atoms with E-state index >= 15 is 0 Å². The van der Waals surface area contributed by atoms with Gasteiger partial charge in [0, 0.05) is 31.9 Å². The monoisotopic (exact) mass is 317 g/mol. The Morgan fingerprint density at radius 3 is 2.36 bits per heavy atom. The van der Waals surface area contributed by atoms with Crippen LogP contribution in [0.2, 0.25) is 0 Å². The molecule has 1 aromatic rings. The molecule has 1 N–H and O–H groups in total. The maximum atomic E-state index is 13.1. The van der Waals surface area contributed by atoms with Crippen molar-refractivity contribution in [2.75, 3.05) is 26.7 Å². The van der Waals surface area contributed by atoms with Crippen molar-refractivity contribution in [3.63, 3.8) is 0 Å². The van der Waals surface area contributed by atoms with Crippen molar-refractivity contribution in [1.82, 2.24) is 14.4 Å². The van der Waals surface area contributed by atoms with Crippen LogP contribution in [0.3, 0.4) is 0 Å². The summed E-state index contributed by atoms with van der Waals surface area (Å²) in [6, 6.07) is 2.69. The van der Waals surface area contributed by atoms with Crippen LogP contribution in [0.5, 0.6) is 0 Å². The predicted molar refractivity (Wildman–Crippen MR) is 72.6 cm³/mol. The first kappa shape index (κ1) is 15.2. The number of hydrogen-bond acceptors (Lipinski definition) is 2. The lowest BCUT2D eigenvalue weighted by molar-refractivity contribution is -0.144. The zero-order chi connectivity index (χ0) is 16.1. The molecule has 8 heteroatoms. The van der Waals surface area contributed by atoms with Gasteiger partial charge in [0.05, 0.1) is 5.54 Å². The summed E-state index contributed by atoms with van der Waals surface area (Å²) >= 11 is 0. The molecule has 122 valence electrons. The largest absolute Gasteiger partial charge is 0.465 e. The van der Waals surface area contributed by atoms with E-state index in [1.165, 1.54) is 9.47 Å². The van der Waals surface area contributed by atoms with E-state index in [4.69, 9.17) is 5.11 Å². The summed E-state index contributed by atoms with van der Waals surface area (Å²) in [4.78, 5) is 14.4. The summed E-state index contributed by atoms with van der Waals surface area (Å²) in [5.41, 5.74) is -0.470. The number of fused-ring (bicyclic) bond motifs is 2. The van der Waals surface area contributed by atoms with Gasteiger partial charge >= 0.3 is 12.3 Å². The van der Waals surface area contributed by atoms with Gasteiger partial charge in [-0.1, -0.05) is 0 Å². The number of hydrogen-bond donors (Lipinski definition) is 1. The molecular formula is C14H18F3N3O2. The van der Waals surface area contributed by atoms with Gasteiger partial charge < -0.3 is 14.6 Å². The first-order valence-corrected chi connectivity index (χ1v) is 7.22. The molecule has 2 aliphatic rings. The van der Waals surface area contributed by atoms with Crippen LogP contribution in [0.4, 0.5) is 18.0 Å². The van der Waals surface area contributed by atoms with E-state index in [-0.39, 0.29) is 0 Å². The van der Waals surface area contributed by atoms with Crippen molar-refractivity contribution >= 4 is 6.09 Å². The van der Waals surface area contributed by atoms with Crippen molar-refractivity contribution in [3.05, 3.63) is 23.5 Å². The molecule has 1 spiro atoms. The minimum Gasteiger partial charge on any atom is -0.465 e. The number of likely N-dealkylation sites (N-methyl/N-ethyl adjacent to an activating group) is 1. The van der Waals surface area contributed by atoms with Crippen molar-refractivity contribution in [1.29, 1.82) is 0 Å². The zero-order valence-corrected chi connectivity index (χ0v) is 12.2. The quantitative estimate of drug-likeness (QED) is 0.799. The highest BCUT2D eigenvalue weighted by atomic mass is 19.4. The smallest absolute Gasteiger partial charge is 0.431 e. The fraction of sp³-hybridized carbons (Fsp3) is 0.643. The second-order valence-electron chi connectivity index (χ2n) is 5.98. The van der Waals surface area contributed by atoms with Crippen LogP contribution < -0.4 is 0 Å². The number of amides is 1. The highest BCUT2D eigenvalue weighted by Crippen LogP contribution is 2.43. The van der Waals surface area contributed by atoms with Gasteiger partial charge in [-0.3, -0.25) is 4.90 Å². The van der Waals surface area contributed by atoms with Crippen molar-refractivity contribution in [3.8, 4) is 0 Å². The fourth-order valence-corrected chi connectivity index (χ4v) is 3.73. The molecule has 3 heterocycles. The van der Waals surface area contributed by atoms with Gasteiger partial charge in [0.1, 0.15) is 5.69 Å². The Bertz CT molecular complexity index is 589. The van der Waals surface area contributed by atoms with Crippen molar-refractivity contribution < 1.29 is 23.1 Å². The molecule has 22 heavy (non-hydrogen) atoms. The number of alkyl halides is 3. The maximum Gasteiger partial charge on any atom is 0.431 e. The van der Waals surface area contributed by atoms with Crippen LogP contribution in [-0.4, -0.2) is 52.2 Å². The van der Waals surface area contributed by atoms with E-state index in [1.807, 2.05) is 7.05 Å². The molecule has 5 nitrogen and oxygen atoms in total. The number of carbonyl (C=O) groups is 1. The summed E-state index contributed by atoms with van der Waals surface area (Å²) in [7, 11) is 1.90. The Labute approximate surface area is 125 Å². The SMILES string of the molecule is CN1CCn2c(C(F)(F)F)ccc2C12CCN(C(=O)O)CC2. The molecule has 1 aromatic heterocycles. The molecule has 1 amide bonds. The maximum absolute atomic E-state index is 13.1. The fourth-order valence-electron chi connectivity index (χ4n) is 3.73. The molecular weight excluding hydrogens is 299 g/mol. The lowest BCUT2D eigenvalue weighted by Gasteiger charge is -2.50. The summed E-state index contributed by atoms with van der Waals surface area (Å²) in [5.74, 6) is 0. The number of rotatable bonds is 0. The zero-order valence-electron chi connectivity index (χ0n) is 12.2. The van der Waals surface area contributed by atoms with E-state index in [9.17, 15) is 18.0 Å². The van der Waals surface area contributed by atoms with E-state index in [2.05, 4.69) is 4.90 Å². The standard InChI is InChI=1S/C14H18F3N3O2/c1-18-8-9-20-10(2-3-11(20)14(15,16)17)13(18)4-6-19(7-5-13)12(21)22/h2-3H,4-9H2,1H3,(H,21,22). The highest BCUT2D eigenvalue weighted by molar-refractivity contribution is 5.65. The average molecular weight is 317 g/mol. The minimum atomic E-state index is -4.36. The van der Waals surface area contributed by atoms with Gasteiger partial charge in [0.25, 0.3) is 0 Å². The van der Waals surface area contributed by atoms with Gasteiger partial charge in [-0.15, -0.1) is 0 Å². The minimum absolute atomic E-state index is 0.304. The summed E-state index contributed by atoms with van der Waals surface area (Å²) < 4.78 is 40.7. The third kappa shape index (κ3) is 2.16. The Hall–Kier alpha value is -1.70. The van der Waals surface area contributed by atoms with Gasteiger partial charge in [-0.2, -0.15) is 13.2 Å². The summed E-state index contributed by atoms with van der Waals surface area (Å²) in [6.07, 6.45) is -4.31. The molecule has 3 rings (SSSR count). The van der Waals surface area contributed by atoms with Gasteiger partial charge in [0.2, 0.25) is 0 Å². The molecule has 2 aliphatic heterocycles. The third-order valence-corrected chi connectivity index (χ3v) is 5.00. The summed E-state index contributed by atoms with van der Waals surface area (Å²) in [6.45, 7) is 1.51. The molecule has 0 bridgehead atoms. The predicted octanol–water partition coefficient (Wildman–Crippen LogP) is 2.42. The van der Waals surface area contributed by atoms with E-state index in [1.54, 1.807) is 6.07 Å². The molecule has 0 saturated carbocycles. The Balaban J connectivity index is 1.98. The van der Waals surface area contributed by atoms with E-state index in [0.717, 1.165) is 6.07 Å². The lowest BCUT2D eigenvalue weighted by Crippen LogP contribution is -2.56. The second-order valence-corrected chi connectivity index (χ2v) is 5.98. The van der Waals surface area contributed by atoms with Crippen LogP contribution in [0.25, 0.3) is 0 Å². The number of halogens is 3. The van der Waals surface area contributed by atoms with E-state index < -0.39 is 23.5 Å². The number of aromatic nitrogens is 1. The molecule has 0 aliphatic carbocycles. The molecule has 0 atom stereocenters. The van der Waals surface area contributed by atoms with Gasteiger partial charge in [0.15, 0.2) is 0 Å². The van der Waals surface area contributed by atoms with Gasteiger partial charge in [-0.05, 0) is 32.0 Å². The normalized spacial score (nSPS) is 21.9. The molecule has 1 fully saturated rings. The van der Waals surface area contributed by atoms with Crippen molar-refractivity contribution in [2.45, 2.75) is 31.1 Å². The number of likely N-dealkylation sites (tertiary alicyclic amines) is 1. The van der Waals surface area contributed by atoms with E-state index in [0.29, 0.717) is 44.7 Å². The van der Waals surface area contributed by atoms with Crippen molar-refractivity contribution in [2.24, 2.45) is 0 Å². The first-order valence-electron chi connectivity index (χ1n) is 7.22. The second kappa shape index (κ2) is 4.91. The van der Waals surface area contributed by atoms with Crippen LogP contribution in [0.1, 0.15) is 24.2 Å². The number of piperidine rings is 1.